The molecular weight excluding hydrogens is 433 g/mol. The average Bonchev–Trinajstić information content (AvgIpc) is 2.79. The van der Waals surface area contributed by atoms with Crippen LogP contribution in [0.5, 0.6) is 0 Å². The number of allylic oxidation sites excluding steroid dienone is 1. The van der Waals surface area contributed by atoms with Crippen molar-refractivity contribution in [2.45, 2.75) is 0 Å². The molecule has 2 N–H and O–H groups in total. The number of anilines is 1. The van der Waals surface area contributed by atoms with Gasteiger partial charge >= 0.3 is 0 Å². The minimum atomic E-state index is -0.594. The van der Waals surface area contributed by atoms with Gasteiger partial charge in [0.15, 0.2) is 10.9 Å². The normalized spacial score (nSPS) is 10.5. The van der Waals surface area contributed by atoms with E-state index in [9.17, 15) is 24.1 Å². The van der Waals surface area contributed by atoms with Gasteiger partial charge in [-0.05, 0) is 66.3 Å². The van der Waals surface area contributed by atoms with Crippen LogP contribution < -0.4 is 10.6 Å². The minimum absolute atomic E-state index is 0.00297. The van der Waals surface area contributed by atoms with Gasteiger partial charge in [0.2, 0.25) is 0 Å². The molecule has 3 rings (SSSR count). The SMILES string of the molecule is O=C(/C=C/c1ccc(F)cc1)c1ccc(NC(=S)NC(=O)c2cccc([N+](=O)[O-])c2)cc1. The number of benzene rings is 3. The van der Waals surface area contributed by atoms with Crippen molar-refractivity contribution in [3.05, 3.63) is 111 Å². The second kappa shape index (κ2) is 10.2. The lowest BCUT2D eigenvalue weighted by atomic mass is 10.1. The Morgan fingerprint density at radius 2 is 1.66 bits per heavy atom. The molecule has 0 saturated heterocycles. The molecule has 1 amide bonds. The molecule has 3 aromatic carbocycles. The predicted molar refractivity (Wildman–Crippen MR) is 123 cm³/mol. The number of carbonyl (C=O) groups is 2. The van der Waals surface area contributed by atoms with Crippen LogP contribution in [0.1, 0.15) is 26.3 Å². The second-order valence-electron chi connectivity index (χ2n) is 6.54. The third-order valence-electron chi connectivity index (χ3n) is 4.27. The summed E-state index contributed by atoms with van der Waals surface area (Å²) in [5, 5.41) is 16.1. The van der Waals surface area contributed by atoms with Crippen LogP contribution in [0.2, 0.25) is 0 Å². The Hall–Kier alpha value is -4.24. The Bertz CT molecular complexity index is 1210. The average molecular weight is 449 g/mol. The Morgan fingerprint density at radius 1 is 0.969 bits per heavy atom. The largest absolute Gasteiger partial charge is 0.332 e. The van der Waals surface area contributed by atoms with Crippen molar-refractivity contribution in [3.8, 4) is 0 Å². The number of hydrogen-bond acceptors (Lipinski definition) is 5. The van der Waals surface area contributed by atoms with Gasteiger partial charge in [-0.1, -0.05) is 24.3 Å². The zero-order valence-corrected chi connectivity index (χ0v) is 17.3. The van der Waals surface area contributed by atoms with Gasteiger partial charge in [-0.25, -0.2) is 4.39 Å². The summed E-state index contributed by atoms with van der Waals surface area (Å²) >= 11 is 5.10. The number of amides is 1. The maximum Gasteiger partial charge on any atom is 0.270 e. The first-order valence-corrected chi connectivity index (χ1v) is 9.67. The number of nitro benzene ring substituents is 1. The molecule has 0 radical (unpaired) electrons. The van der Waals surface area contributed by atoms with Crippen molar-refractivity contribution in [3.63, 3.8) is 0 Å². The van der Waals surface area contributed by atoms with Crippen LogP contribution in [0, 0.1) is 15.9 Å². The van der Waals surface area contributed by atoms with Gasteiger partial charge in [-0.2, -0.15) is 0 Å². The maximum absolute atomic E-state index is 12.9. The molecule has 0 aliphatic heterocycles. The fraction of sp³-hybridized carbons (Fsp3) is 0. The van der Waals surface area contributed by atoms with E-state index in [-0.39, 0.29) is 28.0 Å². The van der Waals surface area contributed by atoms with Crippen LogP contribution >= 0.6 is 12.2 Å². The first kappa shape index (κ1) is 22.4. The van der Waals surface area contributed by atoms with Crippen LogP contribution in [-0.4, -0.2) is 21.7 Å². The molecule has 0 atom stereocenters. The minimum Gasteiger partial charge on any atom is -0.332 e. The van der Waals surface area contributed by atoms with Crippen LogP contribution in [0.3, 0.4) is 0 Å². The molecule has 9 heteroatoms. The fourth-order valence-electron chi connectivity index (χ4n) is 2.66. The first-order valence-electron chi connectivity index (χ1n) is 9.26. The molecule has 0 unspecified atom stereocenters. The number of rotatable bonds is 6. The molecule has 3 aromatic rings. The Balaban J connectivity index is 1.57. The van der Waals surface area contributed by atoms with Gasteiger partial charge in [0.1, 0.15) is 5.82 Å². The van der Waals surface area contributed by atoms with Gasteiger partial charge in [0.05, 0.1) is 4.92 Å². The zero-order chi connectivity index (χ0) is 23.1. The van der Waals surface area contributed by atoms with Crippen molar-refractivity contribution in [1.82, 2.24) is 5.32 Å². The number of ketones is 1. The lowest BCUT2D eigenvalue weighted by molar-refractivity contribution is -0.384. The molecule has 0 aliphatic rings. The Labute approximate surface area is 187 Å². The van der Waals surface area contributed by atoms with E-state index in [1.54, 1.807) is 42.5 Å². The highest BCUT2D eigenvalue weighted by Gasteiger charge is 2.13. The van der Waals surface area contributed by atoms with Crippen molar-refractivity contribution >= 4 is 46.5 Å². The molecule has 0 aromatic heterocycles. The number of nitrogens with one attached hydrogen (secondary N) is 2. The van der Waals surface area contributed by atoms with Gasteiger partial charge in [0, 0.05) is 28.9 Å². The topological polar surface area (TPSA) is 101 Å². The molecule has 0 spiro atoms. The van der Waals surface area contributed by atoms with Crippen LogP contribution in [0.15, 0.2) is 78.9 Å². The zero-order valence-electron chi connectivity index (χ0n) is 16.4. The number of halogens is 1. The summed E-state index contributed by atoms with van der Waals surface area (Å²) in [5.74, 6) is -1.18. The highest BCUT2D eigenvalue weighted by atomic mass is 32.1. The third-order valence-corrected chi connectivity index (χ3v) is 4.47. The highest BCUT2D eigenvalue weighted by molar-refractivity contribution is 7.80. The Morgan fingerprint density at radius 3 is 2.31 bits per heavy atom. The number of carbonyl (C=O) groups excluding carboxylic acids is 2. The molecule has 0 heterocycles. The van der Waals surface area contributed by atoms with Gasteiger partial charge < -0.3 is 5.32 Å². The molecule has 32 heavy (non-hydrogen) atoms. The van der Waals surface area contributed by atoms with Crippen molar-refractivity contribution in [1.29, 1.82) is 0 Å². The maximum atomic E-state index is 12.9. The van der Waals surface area contributed by atoms with Gasteiger partial charge in [-0.3, -0.25) is 25.0 Å². The van der Waals surface area contributed by atoms with E-state index in [1.807, 2.05) is 0 Å². The molecular formula is C23H16FN3O4S. The van der Waals surface area contributed by atoms with E-state index in [0.717, 1.165) is 6.07 Å². The van der Waals surface area contributed by atoms with E-state index in [0.29, 0.717) is 16.8 Å². The van der Waals surface area contributed by atoms with Crippen molar-refractivity contribution in [2.24, 2.45) is 0 Å². The lowest BCUT2D eigenvalue weighted by Crippen LogP contribution is -2.34. The van der Waals surface area contributed by atoms with E-state index in [1.165, 1.54) is 36.4 Å². The van der Waals surface area contributed by atoms with Gasteiger partial charge in [-0.15, -0.1) is 0 Å². The number of hydrogen-bond donors (Lipinski definition) is 2. The third kappa shape index (κ3) is 6.13. The number of nitro groups is 1. The predicted octanol–water partition coefficient (Wildman–Crippen LogP) is 4.76. The smallest absolute Gasteiger partial charge is 0.270 e. The summed E-state index contributed by atoms with van der Waals surface area (Å²) in [4.78, 5) is 34.8. The highest BCUT2D eigenvalue weighted by Crippen LogP contribution is 2.14. The lowest BCUT2D eigenvalue weighted by Gasteiger charge is -2.10. The molecule has 0 fully saturated rings. The number of nitrogens with zero attached hydrogens (tertiary/aromatic N) is 1. The van der Waals surface area contributed by atoms with Crippen LogP contribution in [-0.2, 0) is 0 Å². The second-order valence-corrected chi connectivity index (χ2v) is 6.95. The monoisotopic (exact) mass is 449 g/mol. The summed E-state index contributed by atoms with van der Waals surface area (Å²) in [6.45, 7) is 0. The van der Waals surface area contributed by atoms with E-state index in [4.69, 9.17) is 12.2 Å². The summed E-state index contributed by atoms with van der Waals surface area (Å²) in [7, 11) is 0. The summed E-state index contributed by atoms with van der Waals surface area (Å²) in [6, 6.07) is 17.4. The summed E-state index contributed by atoms with van der Waals surface area (Å²) in [6.07, 6.45) is 2.98. The molecule has 0 bridgehead atoms. The molecule has 7 nitrogen and oxygen atoms in total. The van der Waals surface area contributed by atoms with E-state index in [2.05, 4.69) is 10.6 Å². The first-order chi connectivity index (χ1) is 15.3. The van der Waals surface area contributed by atoms with Gasteiger partial charge in [0.25, 0.3) is 11.6 Å². The van der Waals surface area contributed by atoms with E-state index >= 15 is 0 Å². The fourth-order valence-corrected chi connectivity index (χ4v) is 2.87. The summed E-state index contributed by atoms with van der Waals surface area (Å²) < 4.78 is 12.9. The number of thiocarbonyl (C=S) groups is 1. The Kier molecular flexibility index (Phi) is 7.14. The molecule has 160 valence electrons. The number of non-ortho nitro benzene ring substituents is 1. The van der Waals surface area contributed by atoms with Crippen molar-refractivity contribution in [2.75, 3.05) is 5.32 Å². The molecule has 0 saturated carbocycles. The van der Waals surface area contributed by atoms with Crippen LogP contribution in [0.25, 0.3) is 6.08 Å². The quantitative estimate of drug-likeness (QED) is 0.185. The summed E-state index contributed by atoms with van der Waals surface area (Å²) in [5.41, 5.74) is 1.55. The van der Waals surface area contributed by atoms with Crippen LogP contribution in [0.4, 0.5) is 15.8 Å². The van der Waals surface area contributed by atoms with E-state index < -0.39 is 10.8 Å². The standard InChI is InChI=1S/C23H16FN3O4S/c24-18-9-4-15(5-10-18)6-13-21(28)16-7-11-19(12-8-16)25-23(32)26-22(29)17-2-1-3-20(14-17)27(30)31/h1-14H,(H2,25,26,29,32)/b13-6+. The van der Waals surface area contributed by atoms with Crippen molar-refractivity contribution < 1.29 is 18.9 Å². The molecule has 0 aliphatic carbocycles.